The number of carbonyl (C=O) groups is 3. The molecule has 2 N–H and O–H groups in total. The van der Waals surface area contributed by atoms with E-state index in [4.69, 9.17) is 0 Å². The maximum absolute atomic E-state index is 12.5. The smallest absolute Gasteiger partial charge is 0.251 e. The highest BCUT2D eigenvalue weighted by Crippen LogP contribution is 2.25. The minimum absolute atomic E-state index is 0.0256. The third kappa shape index (κ3) is 4.08. The van der Waals surface area contributed by atoms with Gasteiger partial charge < -0.3 is 15.5 Å². The van der Waals surface area contributed by atoms with Crippen molar-refractivity contribution in [3.05, 3.63) is 29.8 Å². The van der Waals surface area contributed by atoms with Crippen molar-refractivity contribution in [1.29, 1.82) is 0 Å². The van der Waals surface area contributed by atoms with Crippen LogP contribution in [0.4, 0.5) is 5.69 Å². The van der Waals surface area contributed by atoms with Crippen molar-refractivity contribution in [1.82, 2.24) is 10.2 Å². The van der Waals surface area contributed by atoms with E-state index in [9.17, 15) is 14.4 Å². The Kier molecular flexibility index (Phi) is 6.25. The fourth-order valence-corrected chi connectivity index (χ4v) is 3.57. The van der Waals surface area contributed by atoms with Crippen LogP contribution in [0.5, 0.6) is 0 Å². The van der Waals surface area contributed by atoms with Crippen molar-refractivity contribution >= 4 is 35.2 Å². The molecule has 0 radical (unpaired) electrons. The van der Waals surface area contributed by atoms with E-state index in [0.29, 0.717) is 22.9 Å². The standard InChI is InChI=1S/C17H23N3O3S/c1-4-11(2)17(23)20-10-24-9-14(20)16(22)19-13-7-5-12(6-8-13)15(21)18-3/h5-8,11,14H,4,9-10H2,1-3H3,(H,18,21)(H,19,22)/t11-,14-/m1/s1. The van der Waals surface area contributed by atoms with Gasteiger partial charge in [-0.1, -0.05) is 13.8 Å². The van der Waals surface area contributed by atoms with E-state index < -0.39 is 6.04 Å². The first-order valence-corrected chi connectivity index (χ1v) is 9.14. The number of anilines is 1. The second kappa shape index (κ2) is 8.19. The van der Waals surface area contributed by atoms with Crippen LogP contribution in [0.25, 0.3) is 0 Å². The fraction of sp³-hybridized carbons (Fsp3) is 0.471. The van der Waals surface area contributed by atoms with Crippen LogP contribution in [0.3, 0.4) is 0 Å². The molecule has 3 amide bonds. The van der Waals surface area contributed by atoms with Gasteiger partial charge in [0.15, 0.2) is 0 Å². The number of carbonyl (C=O) groups excluding carboxylic acids is 3. The monoisotopic (exact) mass is 349 g/mol. The maximum Gasteiger partial charge on any atom is 0.251 e. The molecule has 0 unspecified atom stereocenters. The Labute approximate surface area is 146 Å². The Morgan fingerprint density at radius 1 is 1.29 bits per heavy atom. The van der Waals surface area contributed by atoms with Crippen molar-refractivity contribution in [3.8, 4) is 0 Å². The summed E-state index contributed by atoms with van der Waals surface area (Å²) >= 11 is 1.59. The third-order valence-electron chi connectivity index (χ3n) is 4.14. The van der Waals surface area contributed by atoms with Crippen LogP contribution in [0.2, 0.25) is 0 Å². The first kappa shape index (κ1) is 18.3. The predicted octanol–water partition coefficient (Wildman–Crippen LogP) is 1.93. The van der Waals surface area contributed by atoms with E-state index in [0.717, 1.165) is 6.42 Å². The summed E-state index contributed by atoms with van der Waals surface area (Å²) in [5.74, 6) is 0.736. The lowest BCUT2D eigenvalue weighted by molar-refractivity contribution is -0.139. The van der Waals surface area contributed by atoms with Gasteiger partial charge in [0, 0.05) is 30.0 Å². The van der Waals surface area contributed by atoms with Crippen molar-refractivity contribution in [3.63, 3.8) is 0 Å². The quantitative estimate of drug-likeness (QED) is 0.851. The number of benzene rings is 1. The number of nitrogens with zero attached hydrogens (tertiary/aromatic N) is 1. The van der Waals surface area contributed by atoms with E-state index >= 15 is 0 Å². The van der Waals surface area contributed by atoms with Crippen LogP contribution in [-0.2, 0) is 9.59 Å². The van der Waals surface area contributed by atoms with Gasteiger partial charge in [0.2, 0.25) is 11.8 Å². The summed E-state index contributed by atoms with van der Waals surface area (Å²) in [5.41, 5.74) is 1.14. The van der Waals surface area contributed by atoms with Crippen molar-refractivity contribution in [2.75, 3.05) is 24.0 Å². The summed E-state index contributed by atoms with van der Waals surface area (Å²) in [7, 11) is 1.57. The third-order valence-corrected chi connectivity index (χ3v) is 5.16. The molecular formula is C17H23N3O3S. The average molecular weight is 349 g/mol. The van der Waals surface area contributed by atoms with Gasteiger partial charge in [0.05, 0.1) is 5.88 Å². The Bertz CT molecular complexity index is 618. The molecule has 1 fully saturated rings. The number of rotatable bonds is 5. The maximum atomic E-state index is 12.5. The lowest BCUT2D eigenvalue weighted by Gasteiger charge is -2.25. The topological polar surface area (TPSA) is 78.5 Å². The van der Waals surface area contributed by atoms with Gasteiger partial charge >= 0.3 is 0 Å². The number of hydrogen-bond acceptors (Lipinski definition) is 4. The van der Waals surface area contributed by atoms with Crippen LogP contribution < -0.4 is 10.6 Å². The first-order valence-electron chi connectivity index (χ1n) is 7.99. The summed E-state index contributed by atoms with van der Waals surface area (Å²) in [6, 6.07) is 6.23. The van der Waals surface area contributed by atoms with Gasteiger partial charge in [-0.15, -0.1) is 11.8 Å². The van der Waals surface area contributed by atoms with Gasteiger partial charge in [0.1, 0.15) is 6.04 Å². The molecule has 1 aromatic carbocycles. The molecule has 2 atom stereocenters. The Balaban J connectivity index is 2.03. The summed E-state index contributed by atoms with van der Waals surface area (Å²) in [5, 5.41) is 5.38. The number of nitrogens with one attached hydrogen (secondary N) is 2. The molecule has 1 aromatic rings. The van der Waals surface area contributed by atoms with Gasteiger partial charge in [-0.2, -0.15) is 0 Å². The number of thioether (sulfide) groups is 1. The fourth-order valence-electron chi connectivity index (χ4n) is 2.41. The molecule has 0 bridgehead atoms. The van der Waals surface area contributed by atoms with E-state index in [1.807, 2.05) is 13.8 Å². The van der Waals surface area contributed by atoms with Gasteiger partial charge in [-0.3, -0.25) is 14.4 Å². The summed E-state index contributed by atoms with van der Waals surface area (Å²) in [6.45, 7) is 3.85. The van der Waals surface area contributed by atoms with Crippen LogP contribution in [0, 0.1) is 5.92 Å². The highest BCUT2D eigenvalue weighted by Gasteiger charge is 2.36. The molecule has 2 rings (SSSR count). The summed E-state index contributed by atoms with van der Waals surface area (Å²) < 4.78 is 0. The van der Waals surface area contributed by atoms with Gasteiger partial charge in [-0.25, -0.2) is 0 Å². The zero-order valence-corrected chi connectivity index (χ0v) is 15.0. The molecule has 0 saturated carbocycles. The molecule has 7 heteroatoms. The zero-order chi connectivity index (χ0) is 17.7. The van der Waals surface area contributed by atoms with Crippen LogP contribution in [0.1, 0.15) is 30.6 Å². The second-order valence-electron chi connectivity index (χ2n) is 5.78. The summed E-state index contributed by atoms with van der Waals surface area (Å²) in [6.07, 6.45) is 0.759. The number of amides is 3. The molecular weight excluding hydrogens is 326 g/mol. The Hall–Kier alpha value is -2.02. The molecule has 0 aliphatic carbocycles. The molecule has 130 valence electrons. The Morgan fingerprint density at radius 2 is 1.96 bits per heavy atom. The molecule has 1 aliphatic heterocycles. The molecule has 6 nitrogen and oxygen atoms in total. The molecule has 24 heavy (non-hydrogen) atoms. The first-order chi connectivity index (χ1) is 11.5. The average Bonchev–Trinajstić information content (AvgIpc) is 3.10. The van der Waals surface area contributed by atoms with Crippen molar-refractivity contribution in [2.45, 2.75) is 26.3 Å². The molecule has 1 saturated heterocycles. The second-order valence-corrected chi connectivity index (χ2v) is 6.78. The zero-order valence-electron chi connectivity index (χ0n) is 14.2. The van der Waals surface area contributed by atoms with Gasteiger partial charge in [0.25, 0.3) is 5.91 Å². The lowest BCUT2D eigenvalue weighted by atomic mass is 10.1. The molecule has 1 aliphatic rings. The van der Waals surface area contributed by atoms with Crippen LogP contribution in [-0.4, -0.2) is 47.3 Å². The molecule has 0 aromatic heterocycles. The van der Waals surface area contributed by atoms with E-state index in [-0.39, 0.29) is 23.6 Å². The van der Waals surface area contributed by atoms with Crippen molar-refractivity contribution < 1.29 is 14.4 Å². The minimum atomic E-state index is -0.449. The van der Waals surface area contributed by atoms with Crippen molar-refractivity contribution in [2.24, 2.45) is 5.92 Å². The van der Waals surface area contributed by atoms with Gasteiger partial charge in [-0.05, 0) is 30.7 Å². The van der Waals surface area contributed by atoms with E-state index in [1.54, 1.807) is 48.0 Å². The minimum Gasteiger partial charge on any atom is -0.355 e. The lowest BCUT2D eigenvalue weighted by Crippen LogP contribution is -2.46. The molecule has 0 spiro atoms. The van der Waals surface area contributed by atoms with Crippen LogP contribution in [0.15, 0.2) is 24.3 Å². The normalized spacial score (nSPS) is 18.1. The largest absolute Gasteiger partial charge is 0.355 e. The van der Waals surface area contributed by atoms with E-state index in [2.05, 4.69) is 10.6 Å². The van der Waals surface area contributed by atoms with Crippen LogP contribution >= 0.6 is 11.8 Å². The number of hydrogen-bond donors (Lipinski definition) is 2. The highest BCUT2D eigenvalue weighted by atomic mass is 32.2. The molecule has 1 heterocycles. The Morgan fingerprint density at radius 3 is 2.54 bits per heavy atom. The highest BCUT2D eigenvalue weighted by molar-refractivity contribution is 7.99. The summed E-state index contributed by atoms with van der Waals surface area (Å²) in [4.78, 5) is 38.1. The SMILES string of the molecule is CC[C@@H](C)C(=O)N1CSC[C@@H]1C(=O)Nc1ccc(C(=O)NC)cc1. The van der Waals surface area contributed by atoms with E-state index in [1.165, 1.54) is 0 Å². The predicted molar refractivity (Wildman–Crippen MR) is 95.9 cm³/mol.